The summed E-state index contributed by atoms with van der Waals surface area (Å²) in [6, 6.07) is 0. The van der Waals surface area contributed by atoms with Crippen LogP contribution in [0.1, 0.15) is 27.2 Å². The van der Waals surface area contributed by atoms with Crippen molar-refractivity contribution >= 4 is 24.2 Å². The number of carboxylic acid groups (broad SMARTS) is 2. The summed E-state index contributed by atoms with van der Waals surface area (Å²) in [6.07, 6.45) is 0.256. The maximum absolute atomic E-state index is 10.5. The van der Waals surface area contributed by atoms with Gasteiger partial charge in [0.25, 0.3) is 0 Å². The smallest absolute Gasteiger partial charge is 0.478 e. The van der Waals surface area contributed by atoms with Crippen LogP contribution in [0.25, 0.3) is 0 Å². The number of hydrogen-bond donors (Lipinski definition) is 2. The van der Waals surface area contributed by atoms with Gasteiger partial charge >= 0.3 is 24.2 Å². The molecule has 2 N–H and O–H groups in total. The molecule has 0 spiro atoms. The Bertz CT molecular complexity index is 566. The number of rotatable bonds is 4. The molecule has 0 bridgehead atoms. The Morgan fingerprint density at radius 1 is 1.08 bits per heavy atom. The molecule has 2 atom stereocenters. The van der Waals surface area contributed by atoms with Crippen molar-refractivity contribution < 1.29 is 48.3 Å². The van der Waals surface area contributed by atoms with E-state index in [9.17, 15) is 19.2 Å². The Morgan fingerprint density at radius 2 is 1.58 bits per heavy atom. The van der Waals surface area contributed by atoms with Gasteiger partial charge in [-0.1, -0.05) is 12.7 Å². The molecule has 2 aliphatic heterocycles. The van der Waals surface area contributed by atoms with Crippen molar-refractivity contribution in [3.8, 4) is 0 Å². The zero-order chi connectivity index (χ0) is 20.3. The molecule has 0 radical (unpaired) electrons. The Hall–Kier alpha value is -3.04. The normalized spacial score (nSPS) is 20.8. The lowest BCUT2D eigenvalue weighted by Crippen LogP contribution is -2.09. The number of carbonyl (C=O) groups is 4. The first-order chi connectivity index (χ1) is 12.0. The molecule has 0 amide bonds. The van der Waals surface area contributed by atoms with E-state index in [-0.39, 0.29) is 30.0 Å². The van der Waals surface area contributed by atoms with Crippen molar-refractivity contribution in [3.63, 3.8) is 0 Å². The van der Waals surface area contributed by atoms with E-state index < -0.39 is 24.2 Å². The second-order valence-electron chi connectivity index (χ2n) is 5.30. The zero-order valence-electron chi connectivity index (χ0n) is 14.7. The predicted molar refractivity (Wildman–Crippen MR) is 86.6 cm³/mol. The molecule has 2 rings (SSSR count). The van der Waals surface area contributed by atoms with E-state index in [0.29, 0.717) is 13.0 Å². The van der Waals surface area contributed by atoms with Gasteiger partial charge in [-0.3, -0.25) is 0 Å². The van der Waals surface area contributed by atoms with Crippen molar-refractivity contribution in [3.05, 3.63) is 23.8 Å². The molecule has 10 nitrogen and oxygen atoms in total. The van der Waals surface area contributed by atoms with Crippen LogP contribution >= 0.6 is 0 Å². The molecule has 2 saturated heterocycles. The van der Waals surface area contributed by atoms with Crippen LogP contribution in [0, 0.1) is 0 Å². The van der Waals surface area contributed by atoms with Gasteiger partial charge in [-0.2, -0.15) is 0 Å². The molecule has 2 aliphatic rings. The highest BCUT2D eigenvalue weighted by atomic mass is 16.8. The average Bonchev–Trinajstić information content (AvgIpc) is 3.13. The molecule has 2 unspecified atom stereocenters. The maximum Gasteiger partial charge on any atom is 0.508 e. The predicted octanol–water partition coefficient (Wildman–Crippen LogP) is 2.13. The molecular weight excluding hydrogens is 352 g/mol. The summed E-state index contributed by atoms with van der Waals surface area (Å²) in [6.45, 7) is 8.47. The third-order valence-corrected chi connectivity index (χ3v) is 2.77. The Morgan fingerprint density at radius 3 is 1.85 bits per heavy atom. The maximum atomic E-state index is 10.5. The number of cyclic esters (lactones) is 4. The fourth-order valence-corrected chi connectivity index (χ4v) is 1.29. The number of carbonyl (C=O) groups excluding carboxylic acids is 2. The summed E-state index contributed by atoms with van der Waals surface area (Å²) in [5.74, 6) is -1.90. The molecule has 0 saturated carbocycles. The van der Waals surface area contributed by atoms with E-state index in [4.69, 9.17) is 14.9 Å². The fourth-order valence-electron chi connectivity index (χ4n) is 1.29. The van der Waals surface area contributed by atoms with E-state index >= 15 is 0 Å². The first-order valence-corrected chi connectivity index (χ1v) is 7.48. The van der Waals surface area contributed by atoms with Crippen LogP contribution < -0.4 is 0 Å². The Kier molecular flexibility index (Phi) is 10.2. The summed E-state index contributed by atoms with van der Waals surface area (Å²) < 4.78 is 18.1. The van der Waals surface area contributed by atoms with Gasteiger partial charge in [0.2, 0.25) is 0 Å². The minimum absolute atomic E-state index is 0.0486. The fraction of sp³-hybridized carbons (Fsp3) is 0.500. The van der Waals surface area contributed by atoms with E-state index in [2.05, 4.69) is 20.8 Å². The van der Waals surface area contributed by atoms with Gasteiger partial charge < -0.3 is 29.2 Å². The molecule has 0 aromatic carbocycles. The van der Waals surface area contributed by atoms with Crippen molar-refractivity contribution in [2.75, 3.05) is 13.2 Å². The third-order valence-electron chi connectivity index (χ3n) is 2.77. The summed E-state index contributed by atoms with van der Waals surface area (Å²) in [7, 11) is 0. The Balaban J connectivity index is 0.000000405. The van der Waals surface area contributed by atoms with Crippen molar-refractivity contribution in [1.29, 1.82) is 0 Å². The van der Waals surface area contributed by atoms with Gasteiger partial charge in [-0.25, -0.2) is 19.2 Å². The zero-order valence-corrected chi connectivity index (χ0v) is 14.7. The highest BCUT2D eigenvalue weighted by molar-refractivity contribution is 5.85. The van der Waals surface area contributed by atoms with Crippen LogP contribution in [0.2, 0.25) is 0 Å². The van der Waals surface area contributed by atoms with Crippen molar-refractivity contribution in [1.82, 2.24) is 0 Å². The molecular formula is C16H22O10. The number of ether oxygens (including phenoxy) is 4. The highest BCUT2D eigenvalue weighted by Gasteiger charge is 2.23. The van der Waals surface area contributed by atoms with Crippen LogP contribution in [0.4, 0.5) is 9.59 Å². The molecule has 2 fully saturated rings. The second kappa shape index (κ2) is 11.5. The topological polar surface area (TPSA) is 146 Å². The van der Waals surface area contributed by atoms with E-state index in [1.807, 2.05) is 0 Å². The minimum atomic E-state index is -0.967. The first kappa shape index (κ1) is 23.0. The number of carboxylic acids is 2. The standard InChI is InChI=1S/C8H10O5.C4H6O3.C4H6O2/c1-5(7(9)10)2-3-6-4-12-8(11)13-6;1-3-2-6-4(5)7-3;1-3(2)4(5)6/h2,6H,3-4H2,1H3,(H,9,10);3H,2H2,1H3;1H2,2H3,(H,5,6). The van der Waals surface area contributed by atoms with Crippen molar-refractivity contribution in [2.45, 2.75) is 39.4 Å². The summed E-state index contributed by atoms with van der Waals surface area (Å²) >= 11 is 0. The monoisotopic (exact) mass is 374 g/mol. The molecule has 10 heteroatoms. The van der Waals surface area contributed by atoms with E-state index in [1.54, 1.807) is 6.92 Å². The second-order valence-corrected chi connectivity index (χ2v) is 5.30. The van der Waals surface area contributed by atoms with Crippen LogP contribution in [-0.4, -0.2) is 59.9 Å². The van der Waals surface area contributed by atoms with Crippen LogP contribution in [0.5, 0.6) is 0 Å². The average molecular weight is 374 g/mol. The van der Waals surface area contributed by atoms with Gasteiger partial charge in [0, 0.05) is 17.6 Å². The number of aliphatic carboxylic acids is 2. The molecule has 2 heterocycles. The lowest BCUT2D eigenvalue weighted by molar-refractivity contribution is -0.133. The quantitative estimate of drug-likeness (QED) is 0.554. The lowest BCUT2D eigenvalue weighted by atomic mass is 10.2. The summed E-state index contributed by atoms with van der Waals surface area (Å²) in [4.78, 5) is 40.4. The molecule has 26 heavy (non-hydrogen) atoms. The number of hydrogen-bond acceptors (Lipinski definition) is 8. The summed E-state index contributed by atoms with van der Waals surface area (Å²) in [5.41, 5.74) is 0.415. The minimum Gasteiger partial charge on any atom is -0.478 e. The first-order valence-electron chi connectivity index (χ1n) is 7.48. The van der Waals surface area contributed by atoms with Gasteiger partial charge in [0.1, 0.15) is 25.4 Å². The van der Waals surface area contributed by atoms with E-state index in [1.165, 1.54) is 19.9 Å². The van der Waals surface area contributed by atoms with Crippen LogP contribution in [0.15, 0.2) is 23.8 Å². The largest absolute Gasteiger partial charge is 0.508 e. The van der Waals surface area contributed by atoms with Crippen molar-refractivity contribution in [2.24, 2.45) is 0 Å². The lowest BCUT2D eigenvalue weighted by Gasteiger charge is -2.01. The molecule has 0 aromatic heterocycles. The van der Waals surface area contributed by atoms with Crippen LogP contribution in [-0.2, 0) is 28.5 Å². The van der Waals surface area contributed by atoms with E-state index in [0.717, 1.165) is 0 Å². The van der Waals surface area contributed by atoms with Gasteiger partial charge in [0.15, 0.2) is 0 Å². The van der Waals surface area contributed by atoms with Gasteiger partial charge in [0.05, 0.1) is 0 Å². The Labute approximate surface area is 150 Å². The molecule has 0 aliphatic carbocycles. The molecule has 0 aromatic rings. The molecule has 146 valence electrons. The van der Waals surface area contributed by atoms with Crippen LogP contribution in [0.3, 0.4) is 0 Å². The third kappa shape index (κ3) is 10.7. The SMILES string of the molecule is C=C(C)C(=O)O.CC(=CCC1COC(=O)O1)C(=O)O.CC1COC(=O)O1. The summed E-state index contributed by atoms with van der Waals surface area (Å²) in [5, 5.41) is 16.4. The highest BCUT2D eigenvalue weighted by Crippen LogP contribution is 2.11. The van der Waals surface area contributed by atoms with Gasteiger partial charge in [-0.05, 0) is 20.8 Å². The van der Waals surface area contributed by atoms with Gasteiger partial charge in [-0.15, -0.1) is 0 Å².